The van der Waals surface area contributed by atoms with Crippen LogP contribution in [0, 0.1) is 0 Å². The van der Waals surface area contributed by atoms with Gasteiger partial charge in [-0.1, -0.05) is 30.3 Å². The molecule has 2 aromatic carbocycles. The van der Waals surface area contributed by atoms with Crippen molar-refractivity contribution < 1.29 is 34.2 Å². The summed E-state index contributed by atoms with van der Waals surface area (Å²) in [5, 5.41) is 54.1. The third kappa shape index (κ3) is 16.9. The minimum Gasteiger partial charge on any atom is -0.508 e. The molecule has 3 rings (SSSR count). The highest BCUT2D eigenvalue weighted by Gasteiger charge is 2.31. The summed E-state index contributed by atoms with van der Waals surface area (Å²) in [6, 6.07) is 8.71. The highest BCUT2D eigenvalue weighted by molar-refractivity contribution is 5.93. The van der Waals surface area contributed by atoms with E-state index in [1.165, 1.54) is 0 Å². The fraction of sp³-hybridized carbons (Fsp3) is 0.605. The van der Waals surface area contributed by atoms with Gasteiger partial charge in [-0.2, -0.15) is 0 Å². The Balaban J connectivity index is 1.68. The Kier molecular flexibility index (Phi) is 22.7. The Morgan fingerprint density at radius 3 is 2.11 bits per heavy atom. The van der Waals surface area contributed by atoms with Crippen molar-refractivity contribution in [2.24, 2.45) is 0 Å². The minimum atomic E-state index is -1.20. The number of benzene rings is 2. The van der Waals surface area contributed by atoms with E-state index >= 15 is 0 Å². The van der Waals surface area contributed by atoms with Crippen LogP contribution in [0.25, 0.3) is 11.1 Å². The van der Waals surface area contributed by atoms with Gasteiger partial charge in [0.1, 0.15) is 17.8 Å². The number of phenols is 1. The number of hydrogen-bond acceptors (Lipinski definition) is 13. The average Bonchev–Trinajstić information content (AvgIpc) is 3.25. The number of carbonyl (C=O) groups excluding carboxylic acids is 5. The largest absolute Gasteiger partial charge is 0.508 e. The molecule has 1 unspecified atom stereocenters. The monoisotopic (exact) mass is 854 g/mol. The first-order valence-electron chi connectivity index (χ1n) is 21.4. The molecule has 0 saturated carbocycles. The minimum absolute atomic E-state index is 0.0233. The predicted octanol–water partition coefficient (Wildman–Crippen LogP) is -2.03. The van der Waals surface area contributed by atoms with Crippen molar-refractivity contribution in [3.05, 3.63) is 53.6 Å². The Bertz CT molecular complexity index is 1700. The van der Waals surface area contributed by atoms with Gasteiger partial charge in [0.05, 0.1) is 24.2 Å². The van der Waals surface area contributed by atoms with E-state index in [0.717, 1.165) is 36.1 Å². The topological polar surface area (TPSA) is 258 Å². The van der Waals surface area contributed by atoms with E-state index < -0.39 is 54.0 Å². The van der Waals surface area contributed by atoms with E-state index in [1.54, 1.807) is 40.3 Å². The molecule has 340 valence electrons. The molecule has 0 radical (unpaired) electrons. The molecule has 1 heterocycles. The summed E-state index contributed by atoms with van der Waals surface area (Å²) in [5.74, 6) is -1.99. The van der Waals surface area contributed by atoms with Crippen LogP contribution in [0.3, 0.4) is 0 Å². The van der Waals surface area contributed by atoms with E-state index in [4.69, 9.17) is 0 Å². The molecule has 0 spiro atoms. The molecule has 18 heteroatoms. The maximum atomic E-state index is 13.9. The van der Waals surface area contributed by atoms with Gasteiger partial charge in [-0.05, 0) is 115 Å². The molecule has 2 aromatic rings. The average molecular weight is 854 g/mol. The predicted molar refractivity (Wildman–Crippen MR) is 237 cm³/mol. The van der Waals surface area contributed by atoms with Crippen LogP contribution in [0.4, 0.5) is 0 Å². The summed E-state index contributed by atoms with van der Waals surface area (Å²) in [5.41, 5.74) is 2.89. The SMILES string of the molecule is CNCCC[C@@H](CNC(=O)C(CCCNC(=O)[C@H](CCNC(=O)[C@@H]1Cc2cccc(c2)-c2ccc(O)c(c2)C[C@H](NC)C(=O)N[C@@H](C[C@@H](O)CNC)C(=O)N1)NC)NC)NC. The van der Waals surface area contributed by atoms with Crippen molar-refractivity contribution in [1.82, 2.24) is 58.5 Å². The van der Waals surface area contributed by atoms with E-state index in [2.05, 4.69) is 58.5 Å². The fourth-order valence-electron chi connectivity index (χ4n) is 7.30. The highest BCUT2D eigenvalue weighted by atomic mass is 16.3. The second-order valence-electron chi connectivity index (χ2n) is 15.5. The number of rotatable bonds is 24. The number of amides is 5. The van der Waals surface area contributed by atoms with Crippen molar-refractivity contribution in [2.75, 3.05) is 75.0 Å². The van der Waals surface area contributed by atoms with Crippen LogP contribution in [0.5, 0.6) is 5.75 Å². The number of aliphatic hydroxyl groups is 1. The van der Waals surface area contributed by atoms with E-state index in [1.807, 2.05) is 44.4 Å². The standard InChI is InChI=1S/C43H71N11O7/c1-44-17-8-12-31(46-3)25-52-40(58)33(47-4)13-9-18-50-39(57)34(48-5)16-19-51-41(59)36-21-27-10-7-11-28(20-27)29-14-15-38(56)30(22-29)23-35(49-6)42(60)54-37(43(61)53-36)24-32(55)26-45-2/h7,10-11,14-15,20,22,31-37,44-49,55-56H,8-9,12-13,16-19,21,23-26H2,1-6H3,(H,50,57)(H,51,59)(H,52,58)(H,53,61)(H,54,60)/t31-,32+,33?,34-,35-,36-,37-/m0/s1. The maximum Gasteiger partial charge on any atom is 0.243 e. The second-order valence-corrected chi connectivity index (χ2v) is 15.5. The molecule has 13 N–H and O–H groups in total. The number of aromatic hydroxyl groups is 1. The normalized spacial score (nSPS) is 18.9. The molecule has 7 atom stereocenters. The Morgan fingerprint density at radius 1 is 0.721 bits per heavy atom. The quantitative estimate of drug-likeness (QED) is 0.0510. The second kappa shape index (κ2) is 27.3. The lowest BCUT2D eigenvalue weighted by Gasteiger charge is -2.26. The summed E-state index contributed by atoms with van der Waals surface area (Å²) >= 11 is 0. The van der Waals surface area contributed by atoms with Crippen LogP contribution in [0.15, 0.2) is 42.5 Å². The van der Waals surface area contributed by atoms with Gasteiger partial charge in [-0.15, -0.1) is 0 Å². The summed E-state index contributed by atoms with van der Waals surface area (Å²) < 4.78 is 0. The summed E-state index contributed by atoms with van der Waals surface area (Å²) in [7, 11) is 10.5. The number of aliphatic hydroxyl groups excluding tert-OH is 1. The first-order valence-corrected chi connectivity index (χ1v) is 21.4. The lowest BCUT2D eigenvalue weighted by atomic mass is 9.96. The number of fused-ring (bicyclic) bond motifs is 5. The first-order chi connectivity index (χ1) is 29.4. The van der Waals surface area contributed by atoms with Gasteiger partial charge in [-0.25, -0.2) is 0 Å². The van der Waals surface area contributed by atoms with Gasteiger partial charge in [0.25, 0.3) is 0 Å². The van der Waals surface area contributed by atoms with Crippen molar-refractivity contribution in [3.8, 4) is 16.9 Å². The van der Waals surface area contributed by atoms with Crippen LogP contribution in [-0.2, 0) is 36.8 Å². The van der Waals surface area contributed by atoms with Crippen molar-refractivity contribution in [1.29, 1.82) is 0 Å². The van der Waals surface area contributed by atoms with Crippen LogP contribution in [0.1, 0.15) is 49.7 Å². The van der Waals surface area contributed by atoms with Crippen molar-refractivity contribution >= 4 is 29.5 Å². The van der Waals surface area contributed by atoms with Crippen LogP contribution in [-0.4, -0.2) is 157 Å². The van der Waals surface area contributed by atoms with Crippen molar-refractivity contribution in [2.45, 2.75) is 93.7 Å². The number of likely N-dealkylation sites (N-methyl/N-ethyl adjacent to an activating group) is 5. The lowest BCUT2D eigenvalue weighted by Crippen LogP contribution is -2.58. The summed E-state index contributed by atoms with van der Waals surface area (Å²) in [6.07, 6.45) is 2.36. The van der Waals surface area contributed by atoms with Gasteiger partial charge in [0, 0.05) is 51.5 Å². The summed E-state index contributed by atoms with van der Waals surface area (Å²) in [4.78, 5) is 67.4. The van der Waals surface area contributed by atoms with Crippen molar-refractivity contribution in [3.63, 3.8) is 0 Å². The van der Waals surface area contributed by atoms with Crippen LogP contribution < -0.4 is 58.5 Å². The summed E-state index contributed by atoms with van der Waals surface area (Å²) in [6.45, 7) is 2.05. The molecule has 5 amide bonds. The Labute approximate surface area is 360 Å². The number of nitrogens with one attached hydrogen (secondary N) is 11. The third-order valence-corrected chi connectivity index (χ3v) is 11.0. The Morgan fingerprint density at radius 2 is 1.43 bits per heavy atom. The number of phenolic OH excluding ortho intramolecular Hbond substituents is 1. The van der Waals surface area contributed by atoms with Gasteiger partial charge < -0.3 is 68.7 Å². The molecule has 0 fully saturated rings. The first kappa shape index (κ1) is 50.7. The zero-order valence-corrected chi connectivity index (χ0v) is 36.7. The molecule has 0 aliphatic carbocycles. The van der Waals surface area contributed by atoms with Crippen LogP contribution >= 0.6 is 0 Å². The number of carbonyl (C=O) groups is 5. The van der Waals surface area contributed by atoms with E-state index in [-0.39, 0.29) is 62.4 Å². The third-order valence-electron chi connectivity index (χ3n) is 11.0. The van der Waals surface area contributed by atoms with Crippen LogP contribution in [0.2, 0.25) is 0 Å². The molecular formula is C43H71N11O7. The molecule has 1 aliphatic rings. The molecule has 61 heavy (non-hydrogen) atoms. The maximum absolute atomic E-state index is 13.9. The number of hydrogen-bond donors (Lipinski definition) is 13. The van der Waals surface area contributed by atoms with E-state index in [0.29, 0.717) is 31.5 Å². The molecular weight excluding hydrogens is 783 g/mol. The highest BCUT2D eigenvalue weighted by Crippen LogP contribution is 2.28. The fourth-order valence-corrected chi connectivity index (χ4v) is 7.30. The molecule has 0 aromatic heterocycles. The Hall–Kier alpha value is -4.69. The molecule has 18 nitrogen and oxygen atoms in total. The van der Waals surface area contributed by atoms with Gasteiger partial charge in [-0.3, -0.25) is 24.0 Å². The lowest BCUT2D eigenvalue weighted by molar-refractivity contribution is -0.133. The molecule has 1 aliphatic heterocycles. The van der Waals surface area contributed by atoms with Gasteiger partial charge in [0.15, 0.2) is 0 Å². The van der Waals surface area contributed by atoms with Gasteiger partial charge >= 0.3 is 0 Å². The zero-order chi connectivity index (χ0) is 44.7. The molecule has 4 bridgehead atoms. The smallest absolute Gasteiger partial charge is 0.243 e. The molecule has 0 saturated heterocycles. The zero-order valence-electron chi connectivity index (χ0n) is 36.7. The van der Waals surface area contributed by atoms with Gasteiger partial charge in [0.2, 0.25) is 29.5 Å². The van der Waals surface area contributed by atoms with E-state index in [9.17, 15) is 34.2 Å².